The summed E-state index contributed by atoms with van der Waals surface area (Å²) >= 11 is 0. The molecule has 0 spiro atoms. The van der Waals surface area contributed by atoms with Gasteiger partial charge in [-0.3, -0.25) is 9.93 Å². The molecule has 1 aliphatic carbocycles. The van der Waals surface area contributed by atoms with E-state index in [0.717, 1.165) is 11.0 Å². The maximum Gasteiger partial charge on any atom is 0.412 e. The fraction of sp³-hybridized carbons (Fsp3) is 0.562. The molecule has 3 fully saturated rings. The number of cyclic esters (lactones) is 1. The Morgan fingerprint density at radius 3 is 2.42 bits per heavy atom. The van der Waals surface area contributed by atoms with Gasteiger partial charge in [0.25, 0.3) is 0 Å². The van der Waals surface area contributed by atoms with E-state index >= 15 is 0 Å². The number of fused-ring (bicyclic) bond motifs is 4. The molecule has 272 valence electrons. The number of aliphatic hydroxyl groups excluding tert-OH is 2. The first-order valence-electron chi connectivity index (χ1n) is 16.0. The number of carbonyl (C=O) groups excluding carboxylic acids is 2. The van der Waals surface area contributed by atoms with Crippen molar-refractivity contribution in [2.75, 3.05) is 46.5 Å². The minimum atomic E-state index is -1.47. The van der Waals surface area contributed by atoms with Crippen LogP contribution in [-0.2, 0) is 28.5 Å². The second-order valence-corrected chi connectivity index (χ2v) is 14.3. The highest BCUT2D eigenvalue weighted by atomic mass is 33.1. The fourth-order valence-corrected chi connectivity index (χ4v) is 8.01. The molecule has 0 aromatic heterocycles. The minimum absolute atomic E-state index is 0.000935. The highest BCUT2D eigenvalue weighted by Crippen LogP contribution is 2.57. The van der Waals surface area contributed by atoms with Gasteiger partial charge >= 0.3 is 12.1 Å². The van der Waals surface area contributed by atoms with Crippen molar-refractivity contribution in [1.29, 1.82) is 0 Å². The summed E-state index contributed by atoms with van der Waals surface area (Å²) in [5, 5.41) is 30.2. The average molecular weight is 739 g/mol. The molecule has 18 heteroatoms. The van der Waals surface area contributed by atoms with Crippen LogP contribution in [0.3, 0.4) is 0 Å². The predicted octanol–water partition coefficient (Wildman–Crippen LogP) is 1.98. The first-order chi connectivity index (χ1) is 24.2. The maximum atomic E-state index is 13.6. The highest BCUT2D eigenvalue weighted by molar-refractivity contribution is 8.75. The van der Waals surface area contributed by atoms with Crippen molar-refractivity contribution in [3.8, 4) is 28.7 Å². The van der Waals surface area contributed by atoms with Gasteiger partial charge in [0.1, 0.15) is 24.4 Å². The molecular weight excluding hydrogens is 700 g/mol. The molecule has 1 amide bonds. The number of carbonyl (C=O) groups is 2. The third kappa shape index (κ3) is 6.52. The van der Waals surface area contributed by atoms with Crippen molar-refractivity contribution < 1.29 is 67.2 Å². The SMILES string of the molecule is COc1cc([C@@H]2c3cc4c(cc3[C@@H](OC3OC5COC(C)OC5C(O)C3O)[C@H]3COC(=O)[C@H]23)OCO4)cc(OC)c1OC(=O)NCCSSN. The molecule has 5 N–H and O–H groups in total. The molecule has 4 heterocycles. The Morgan fingerprint density at radius 2 is 1.72 bits per heavy atom. The summed E-state index contributed by atoms with van der Waals surface area (Å²) in [7, 11) is 5.34. The molecule has 2 aromatic carbocycles. The van der Waals surface area contributed by atoms with Gasteiger partial charge in [0.05, 0.1) is 39.5 Å². The van der Waals surface area contributed by atoms with E-state index in [1.807, 2.05) is 0 Å². The molecule has 50 heavy (non-hydrogen) atoms. The number of methoxy groups -OCH3 is 2. The Hall–Kier alpha value is -3.20. The number of amides is 1. The number of ether oxygens (including phenoxy) is 10. The summed E-state index contributed by atoms with van der Waals surface area (Å²) < 4.78 is 58.0. The molecular formula is C32H38N2O14S2. The zero-order valence-electron chi connectivity index (χ0n) is 27.3. The number of benzene rings is 2. The van der Waals surface area contributed by atoms with Gasteiger partial charge in [-0.1, -0.05) is 10.8 Å². The first-order valence-corrected chi connectivity index (χ1v) is 18.3. The summed E-state index contributed by atoms with van der Waals surface area (Å²) in [6.07, 6.45) is -7.72. The Bertz CT molecular complexity index is 1570. The van der Waals surface area contributed by atoms with Crippen LogP contribution in [0.2, 0.25) is 0 Å². The number of nitrogens with one attached hydrogen (secondary N) is 1. The van der Waals surface area contributed by atoms with Crippen LogP contribution in [-0.4, -0.2) is 106 Å². The van der Waals surface area contributed by atoms with E-state index in [2.05, 4.69) is 5.32 Å². The largest absolute Gasteiger partial charge is 0.493 e. The lowest BCUT2D eigenvalue weighted by molar-refractivity contribution is -0.364. The smallest absolute Gasteiger partial charge is 0.412 e. The lowest BCUT2D eigenvalue weighted by atomic mass is 9.66. The van der Waals surface area contributed by atoms with E-state index in [1.54, 1.807) is 31.2 Å². The quantitative estimate of drug-likeness (QED) is 0.119. The number of esters is 1. The second-order valence-electron chi connectivity index (χ2n) is 12.2. The lowest BCUT2D eigenvalue weighted by Gasteiger charge is -2.47. The van der Waals surface area contributed by atoms with Crippen LogP contribution in [0.5, 0.6) is 28.7 Å². The molecule has 0 bridgehead atoms. The topological polar surface area (TPSA) is 205 Å². The third-order valence-corrected chi connectivity index (χ3v) is 10.9. The van der Waals surface area contributed by atoms with Crippen LogP contribution in [0.15, 0.2) is 24.3 Å². The van der Waals surface area contributed by atoms with Crippen LogP contribution in [0.1, 0.15) is 35.6 Å². The zero-order valence-corrected chi connectivity index (χ0v) is 28.9. The molecule has 4 aliphatic heterocycles. The maximum absolute atomic E-state index is 13.6. The third-order valence-electron chi connectivity index (χ3n) is 9.44. The van der Waals surface area contributed by atoms with E-state index in [1.165, 1.54) is 25.0 Å². The number of hydrogen-bond acceptors (Lipinski definition) is 17. The van der Waals surface area contributed by atoms with Gasteiger partial charge in [-0.15, -0.1) is 0 Å². The predicted molar refractivity (Wildman–Crippen MR) is 175 cm³/mol. The van der Waals surface area contributed by atoms with Gasteiger partial charge in [0, 0.05) is 24.1 Å². The van der Waals surface area contributed by atoms with Crippen molar-refractivity contribution in [2.24, 2.45) is 17.0 Å². The number of aliphatic hydroxyl groups is 2. The van der Waals surface area contributed by atoms with E-state index in [0.29, 0.717) is 40.5 Å². The van der Waals surface area contributed by atoms with Gasteiger partial charge in [-0.25, -0.2) is 4.79 Å². The van der Waals surface area contributed by atoms with E-state index in [-0.39, 0.29) is 37.3 Å². The number of hydrogen-bond donors (Lipinski definition) is 4. The van der Waals surface area contributed by atoms with Crippen LogP contribution in [0.4, 0.5) is 4.79 Å². The number of rotatable bonds is 10. The van der Waals surface area contributed by atoms with Gasteiger partial charge in [-0.05, 0) is 58.9 Å². The Labute approximate surface area is 294 Å². The normalized spacial score (nSPS) is 32.3. The van der Waals surface area contributed by atoms with Gasteiger partial charge in [0.15, 0.2) is 35.6 Å². The van der Waals surface area contributed by atoms with Gasteiger partial charge < -0.3 is 62.9 Å². The molecule has 16 nitrogen and oxygen atoms in total. The molecule has 2 aromatic rings. The summed E-state index contributed by atoms with van der Waals surface area (Å²) in [6.45, 7) is 2.16. The van der Waals surface area contributed by atoms with E-state index in [4.69, 9.17) is 52.5 Å². The van der Waals surface area contributed by atoms with Crippen molar-refractivity contribution in [3.63, 3.8) is 0 Å². The molecule has 3 saturated heterocycles. The summed E-state index contributed by atoms with van der Waals surface area (Å²) in [6, 6.07) is 6.95. The van der Waals surface area contributed by atoms with Crippen molar-refractivity contribution in [3.05, 3.63) is 41.0 Å². The molecule has 10 atom stereocenters. The summed E-state index contributed by atoms with van der Waals surface area (Å²) in [5.74, 6) is -0.488. The van der Waals surface area contributed by atoms with E-state index in [9.17, 15) is 19.8 Å². The Kier molecular flexibility index (Phi) is 10.4. The monoisotopic (exact) mass is 738 g/mol. The highest BCUT2D eigenvalue weighted by Gasteiger charge is 2.56. The van der Waals surface area contributed by atoms with Crippen molar-refractivity contribution in [1.82, 2.24) is 5.32 Å². The van der Waals surface area contributed by atoms with Gasteiger partial charge in [0.2, 0.25) is 12.5 Å². The average Bonchev–Trinajstić information content (AvgIpc) is 3.74. The molecule has 0 saturated carbocycles. The Morgan fingerprint density at radius 1 is 1.00 bits per heavy atom. The second kappa shape index (κ2) is 14.8. The lowest BCUT2D eigenvalue weighted by Crippen LogP contribution is -2.63. The van der Waals surface area contributed by atoms with Crippen molar-refractivity contribution >= 4 is 33.8 Å². The number of nitrogens with two attached hydrogens (primary N) is 1. The standard InChI is InChI=1S/C32H38N2O14S2/c1-13-41-11-22-29(45-13)25(35)26(36)31(46-22)47-27-16-9-19-18(43-12-44-19)8-15(16)23(24-17(27)10-42-30(24)37)14-6-20(39-2)28(21(7-14)40-3)48-32(38)34-4-5-49-50-33/h6-9,13,17,22-27,29,31,35-36H,4-5,10-12,33H2,1-3H3,(H,34,38)/t13?,17-,22?,23+,24-,25?,26?,27+,29?,31?/m0/s1. The fourth-order valence-electron chi connectivity index (χ4n) is 7.19. The van der Waals surface area contributed by atoms with Crippen LogP contribution in [0.25, 0.3) is 0 Å². The molecule has 6 unspecified atom stereocenters. The minimum Gasteiger partial charge on any atom is -0.493 e. The van der Waals surface area contributed by atoms with Crippen LogP contribution < -0.4 is 34.1 Å². The summed E-state index contributed by atoms with van der Waals surface area (Å²) in [5.41, 5.74) is 1.90. The van der Waals surface area contributed by atoms with Gasteiger partial charge in [-0.2, -0.15) is 0 Å². The van der Waals surface area contributed by atoms with Crippen molar-refractivity contribution in [2.45, 2.75) is 55.9 Å². The molecule has 7 rings (SSSR count). The van der Waals surface area contributed by atoms with Crippen LogP contribution in [0, 0.1) is 11.8 Å². The molecule has 5 aliphatic rings. The summed E-state index contributed by atoms with van der Waals surface area (Å²) in [4.78, 5) is 26.3. The zero-order chi connectivity index (χ0) is 35.1. The van der Waals surface area contributed by atoms with Crippen LogP contribution >= 0.6 is 21.8 Å². The molecule has 0 radical (unpaired) electrons. The first kappa shape index (κ1) is 35.2. The Balaban J connectivity index is 1.25. The van der Waals surface area contributed by atoms with E-state index < -0.39 is 72.9 Å².